The summed E-state index contributed by atoms with van der Waals surface area (Å²) in [5.74, 6) is 1.97. The molecule has 1 atom stereocenters. The van der Waals surface area contributed by atoms with Gasteiger partial charge in [-0.1, -0.05) is 50.6 Å². The second kappa shape index (κ2) is 10.5. The SMILES string of the molecule is CCC[C@H](C)c1nc(N2CCCN(Cc3ccc(F)cc3)CC2)c2cnn(-c3ccccc3)c2n1. The maximum absolute atomic E-state index is 13.3. The van der Waals surface area contributed by atoms with E-state index < -0.39 is 0 Å². The monoisotopic (exact) mass is 472 g/mol. The highest BCUT2D eigenvalue weighted by Gasteiger charge is 2.23. The molecule has 1 aliphatic heterocycles. The topological polar surface area (TPSA) is 50.1 Å². The average Bonchev–Trinajstić information content (AvgIpc) is 3.18. The molecule has 0 aliphatic carbocycles. The summed E-state index contributed by atoms with van der Waals surface area (Å²) < 4.78 is 15.2. The third-order valence-electron chi connectivity index (χ3n) is 6.80. The molecule has 0 N–H and O–H groups in total. The van der Waals surface area contributed by atoms with Crippen molar-refractivity contribution in [2.75, 3.05) is 31.1 Å². The molecule has 1 fully saturated rings. The Bertz CT molecular complexity index is 1250. The largest absolute Gasteiger partial charge is 0.355 e. The van der Waals surface area contributed by atoms with Gasteiger partial charge in [-0.25, -0.2) is 19.0 Å². The second-order valence-corrected chi connectivity index (χ2v) is 9.47. The van der Waals surface area contributed by atoms with Gasteiger partial charge in [-0.15, -0.1) is 0 Å². The number of nitrogens with zero attached hydrogens (tertiary/aromatic N) is 6. The van der Waals surface area contributed by atoms with Crippen LogP contribution in [0, 0.1) is 5.82 Å². The molecular formula is C28H33FN6. The van der Waals surface area contributed by atoms with E-state index in [9.17, 15) is 4.39 Å². The third kappa shape index (κ3) is 5.20. The van der Waals surface area contributed by atoms with Gasteiger partial charge in [-0.05, 0) is 42.7 Å². The van der Waals surface area contributed by atoms with E-state index in [0.717, 1.165) is 85.9 Å². The summed E-state index contributed by atoms with van der Waals surface area (Å²) in [5, 5.41) is 5.71. The van der Waals surface area contributed by atoms with Gasteiger partial charge in [0.25, 0.3) is 0 Å². The normalized spacial score (nSPS) is 15.9. The average molecular weight is 473 g/mol. The molecule has 4 aromatic rings. The number of anilines is 1. The predicted octanol–water partition coefficient (Wildman–Crippen LogP) is 5.57. The van der Waals surface area contributed by atoms with E-state index >= 15 is 0 Å². The second-order valence-electron chi connectivity index (χ2n) is 9.47. The highest BCUT2D eigenvalue weighted by molar-refractivity contribution is 5.88. The number of para-hydroxylation sites is 1. The highest BCUT2D eigenvalue weighted by Crippen LogP contribution is 2.29. The quantitative estimate of drug-likeness (QED) is 0.352. The van der Waals surface area contributed by atoms with Crippen molar-refractivity contribution >= 4 is 16.9 Å². The van der Waals surface area contributed by atoms with Crippen molar-refractivity contribution in [3.8, 4) is 5.69 Å². The Morgan fingerprint density at radius 2 is 1.74 bits per heavy atom. The maximum atomic E-state index is 13.3. The molecule has 1 saturated heterocycles. The Labute approximate surface area is 206 Å². The van der Waals surface area contributed by atoms with E-state index in [-0.39, 0.29) is 11.7 Å². The summed E-state index contributed by atoms with van der Waals surface area (Å²) in [4.78, 5) is 15.0. The van der Waals surface area contributed by atoms with Gasteiger partial charge >= 0.3 is 0 Å². The van der Waals surface area contributed by atoms with Crippen molar-refractivity contribution < 1.29 is 4.39 Å². The minimum absolute atomic E-state index is 0.187. The van der Waals surface area contributed by atoms with Crippen LogP contribution in [0.3, 0.4) is 0 Å². The molecular weight excluding hydrogens is 439 g/mol. The maximum Gasteiger partial charge on any atom is 0.168 e. The van der Waals surface area contributed by atoms with Crippen molar-refractivity contribution in [1.29, 1.82) is 0 Å². The summed E-state index contributed by atoms with van der Waals surface area (Å²) in [6.07, 6.45) is 5.10. The molecule has 0 bridgehead atoms. The lowest BCUT2D eigenvalue weighted by Crippen LogP contribution is -2.31. The fraction of sp³-hybridized carbons (Fsp3) is 0.393. The van der Waals surface area contributed by atoms with Gasteiger partial charge in [0, 0.05) is 38.6 Å². The van der Waals surface area contributed by atoms with Crippen LogP contribution in [0.25, 0.3) is 16.7 Å². The molecule has 0 saturated carbocycles. The molecule has 35 heavy (non-hydrogen) atoms. The van der Waals surface area contributed by atoms with Crippen molar-refractivity contribution in [2.24, 2.45) is 0 Å². The molecule has 0 unspecified atom stereocenters. The molecule has 0 spiro atoms. The van der Waals surface area contributed by atoms with E-state index in [1.165, 1.54) is 0 Å². The van der Waals surface area contributed by atoms with Crippen LogP contribution in [-0.2, 0) is 6.54 Å². The summed E-state index contributed by atoms with van der Waals surface area (Å²) in [7, 11) is 0. The van der Waals surface area contributed by atoms with E-state index in [1.54, 1.807) is 12.1 Å². The first kappa shape index (κ1) is 23.4. The Kier molecular flexibility index (Phi) is 7.04. The number of aromatic nitrogens is 4. The summed E-state index contributed by atoms with van der Waals surface area (Å²) >= 11 is 0. The number of rotatable bonds is 7. The van der Waals surface area contributed by atoms with Crippen molar-refractivity contribution in [2.45, 2.75) is 45.6 Å². The molecule has 2 aromatic heterocycles. The van der Waals surface area contributed by atoms with Crippen molar-refractivity contribution in [1.82, 2.24) is 24.6 Å². The molecule has 0 amide bonds. The third-order valence-corrected chi connectivity index (χ3v) is 6.80. The number of benzene rings is 2. The van der Waals surface area contributed by atoms with Crippen molar-refractivity contribution in [3.63, 3.8) is 0 Å². The standard InChI is InChI=1S/C28H33FN6/c1-3-8-21(2)26-31-27(25-19-30-35(28(25)32-26)24-9-5-4-6-10-24)34-16-7-15-33(17-18-34)20-22-11-13-23(29)14-12-22/h4-6,9-14,19,21H,3,7-8,15-18,20H2,1-2H3/t21-/m0/s1. The fourth-order valence-electron chi connectivity index (χ4n) is 4.88. The number of halogens is 1. The molecule has 182 valence electrons. The van der Waals surface area contributed by atoms with Gasteiger partial charge in [-0.3, -0.25) is 4.90 Å². The summed E-state index contributed by atoms with van der Waals surface area (Å²) in [6.45, 7) is 8.99. The lowest BCUT2D eigenvalue weighted by molar-refractivity contribution is 0.285. The first-order valence-electron chi connectivity index (χ1n) is 12.6. The van der Waals surface area contributed by atoms with E-state index in [0.29, 0.717) is 0 Å². The minimum atomic E-state index is -0.187. The Morgan fingerprint density at radius 1 is 0.943 bits per heavy atom. The zero-order chi connectivity index (χ0) is 24.2. The molecule has 2 aromatic carbocycles. The zero-order valence-corrected chi connectivity index (χ0v) is 20.6. The number of fused-ring (bicyclic) bond motifs is 1. The Balaban J connectivity index is 1.45. The van der Waals surface area contributed by atoms with E-state index in [4.69, 9.17) is 15.1 Å². The lowest BCUT2D eigenvalue weighted by Gasteiger charge is -2.24. The summed E-state index contributed by atoms with van der Waals surface area (Å²) in [5.41, 5.74) is 3.01. The number of hydrogen-bond donors (Lipinski definition) is 0. The first-order chi connectivity index (χ1) is 17.1. The Hall–Kier alpha value is -3.32. The van der Waals surface area contributed by atoms with Crippen LogP contribution in [0.15, 0.2) is 60.8 Å². The van der Waals surface area contributed by atoms with Crippen LogP contribution in [0.2, 0.25) is 0 Å². The number of hydrogen-bond acceptors (Lipinski definition) is 5. The van der Waals surface area contributed by atoms with Crippen LogP contribution in [0.4, 0.5) is 10.2 Å². The van der Waals surface area contributed by atoms with Gasteiger partial charge in [0.1, 0.15) is 17.5 Å². The smallest absolute Gasteiger partial charge is 0.168 e. The minimum Gasteiger partial charge on any atom is -0.355 e. The van der Waals surface area contributed by atoms with Gasteiger partial charge in [0.2, 0.25) is 0 Å². The first-order valence-corrected chi connectivity index (χ1v) is 12.6. The molecule has 0 radical (unpaired) electrons. The van der Waals surface area contributed by atoms with Gasteiger partial charge in [0.15, 0.2) is 5.65 Å². The van der Waals surface area contributed by atoms with E-state index in [1.807, 2.05) is 41.2 Å². The van der Waals surface area contributed by atoms with Gasteiger partial charge in [0.05, 0.1) is 17.3 Å². The molecule has 7 heteroatoms. The Morgan fingerprint density at radius 3 is 2.51 bits per heavy atom. The van der Waals surface area contributed by atoms with Crippen LogP contribution >= 0.6 is 0 Å². The van der Waals surface area contributed by atoms with Crippen LogP contribution in [-0.4, -0.2) is 50.8 Å². The molecule has 1 aliphatic rings. The molecule has 5 rings (SSSR count). The van der Waals surface area contributed by atoms with E-state index in [2.05, 4.69) is 35.8 Å². The molecule has 3 heterocycles. The van der Waals surface area contributed by atoms with Gasteiger partial charge in [-0.2, -0.15) is 5.10 Å². The predicted molar refractivity (Wildman–Crippen MR) is 138 cm³/mol. The lowest BCUT2D eigenvalue weighted by atomic mass is 10.1. The summed E-state index contributed by atoms with van der Waals surface area (Å²) in [6, 6.07) is 17.0. The molecule has 6 nitrogen and oxygen atoms in total. The van der Waals surface area contributed by atoms with Gasteiger partial charge < -0.3 is 4.90 Å². The van der Waals surface area contributed by atoms with Crippen LogP contribution < -0.4 is 4.90 Å². The van der Waals surface area contributed by atoms with Crippen molar-refractivity contribution in [3.05, 3.63) is 78.0 Å². The van der Waals surface area contributed by atoms with Crippen LogP contribution in [0.5, 0.6) is 0 Å². The zero-order valence-electron chi connectivity index (χ0n) is 20.6. The van der Waals surface area contributed by atoms with Crippen LogP contribution in [0.1, 0.15) is 50.4 Å². The fourth-order valence-corrected chi connectivity index (χ4v) is 4.88. The highest BCUT2D eigenvalue weighted by atomic mass is 19.1.